The van der Waals surface area contributed by atoms with Crippen molar-refractivity contribution in [3.8, 4) is 0 Å². The zero-order chi connectivity index (χ0) is 13.8. The smallest absolute Gasteiger partial charge is 0.295 e. The predicted octanol–water partition coefficient (Wildman–Crippen LogP) is 3.29. The number of nitrogens with one attached hydrogen (secondary N) is 1. The van der Waals surface area contributed by atoms with Gasteiger partial charge in [0, 0.05) is 12.1 Å². The van der Waals surface area contributed by atoms with Crippen LogP contribution >= 0.6 is 11.8 Å². The van der Waals surface area contributed by atoms with Crippen LogP contribution in [0.5, 0.6) is 0 Å². The third-order valence-corrected chi connectivity index (χ3v) is 3.35. The number of nitro benzene ring substituents is 1. The Morgan fingerprint density at radius 3 is 3.05 bits per heavy atom. The molecule has 0 aliphatic carbocycles. The molecule has 1 aromatic carbocycles. The normalized spacial score (nSPS) is 12.5. The van der Waals surface area contributed by atoms with Crippen LogP contribution in [-0.2, 0) is 0 Å². The number of nitrogens with zero attached hydrogens (tertiary/aromatic N) is 2. The third kappa shape index (κ3) is 3.37. The van der Waals surface area contributed by atoms with Crippen LogP contribution in [0.4, 0.5) is 11.7 Å². The summed E-state index contributed by atoms with van der Waals surface area (Å²) in [7, 11) is 0. The number of aromatic nitrogens is 1. The van der Waals surface area contributed by atoms with Crippen LogP contribution in [0.2, 0.25) is 0 Å². The molecule has 0 fully saturated rings. The second-order valence-corrected chi connectivity index (χ2v) is 5.24. The van der Waals surface area contributed by atoms with E-state index in [1.165, 1.54) is 12.1 Å². The van der Waals surface area contributed by atoms with Crippen molar-refractivity contribution >= 4 is 34.6 Å². The van der Waals surface area contributed by atoms with Gasteiger partial charge in [0.2, 0.25) is 0 Å². The number of anilines is 1. The molecule has 0 saturated carbocycles. The minimum atomic E-state index is -0.448. The molecule has 1 unspecified atom stereocenters. The molecule has 0 radical (unpaired) electrons. The van der Waals surface area contributed by atoms with Crippen LogP contribution in [0.3, 0.4) is 0 Å². The molecule has 1 aromatic heterocycles. The number of benzene rings is 1. The van der Waals surface area contributed by atoms with Gasteiger partial charge in [0.1, 0.15) is 5.52 Å². The number of rotatable bonds is 6. The Morgan fingerprint density at radius 2 is 2.37 bits per heavy atom. The molecule has 19 heavy (non-hydrogen) atoms. The Labute approximate surface area is 114 Å². The minimum Gasteiger partial charge on any atom is -0.423 e. The second-order valence-electron chi connectivity index (χ2n) is 4.26. The van der Waals surface area contributed by atoms with Gasteiger partial charge in [-0.1, -0.05) is 0 Å². The van der Waals surface area contributed by atoms with Gasteiger partial charge >= 0.3 is 0 Å². The monoisotopic (exact) mass is 281 g/mol. The van der Waals surface area contributed by atoms with E-state index in [4.69, 9.17) is 4.42 Å². The van der Waals surface area contributed by atoms with Crippen molar-refractivity contribution in [3.63, 3.8) is 0 Å². The quantitative estimate of drug-likeness (QED) is 0.646. The summed E-state index contributed by atoms with van der Waals surface area (Å²) >= 11 is 1.78. The fraction of sp³-hybridized carbons (Fsp3) is 0.417. The van der Waals surface area contributed by atoms with Crippen molar-refractivity contribution in [1.82, 2.24) is 4.98 Å². The molecular formula is C12H15N3O3S. The maximum Gasteiger partial charge on any atom is 0.295 e. The molecule has 0 aliphatic rings. The molecule has 2 rings (SSSR count). The summed E-state index contributed by atoms with van der Waals surface area (Å²) in [4.78, 5) is 14.5. The highest BCUT2D eigenvalue weighted by molar-refractivity contribution is 7.98. The van der Waals surface area contributed by atoms with Gasteiger partial charge in [-0.3, -0.25) is 10.1 Å². The van der Waals surface area contributed by atoms with E-state index in [-0.39, 0.29) is 11.7 Å². The maximum absolute atomic E-state index is 10.7. The first kappa shape index (κ1) is 13.7. The van der Waals surface area contributed by atoms with E-state index in [2.05, 4.69) is 16.6 Å². The maximum atomic E-state index is 10.7. The molecule has 1 heterocycles. The molecule has 7 heteroatoms. The highest BCUT2D eigenvalue weighted by Gasteiger charge is 2.12. The summed E-state index contributed by atoms with van der Waals surface area (Å²) in [5, 5.41) is 13.8. The molecule has 0 amide bonds. The topological polar surface area (TPSA) is 81.2 Å². The Hall–Kier alpha value is -1.76. The van der Waals surface area contributed by atoms with E-state index >= 15 is 0 Å². The van der Waals surface area contributed by atoms with Crippen molar-refractivity contribution < 1.29 is 9.34 Å². The number of oxazole rings is 1. The van der Waals surface area contributed by atoms with Crippen molar-refractivity contribution in [3.05, 3.63) is 28.3 Å². The number of thioether (sulfide) groups is 1. The standard InChI is InChI=1S/C12H15N3O3S/c1-8(5-6-19-2)13-12-14-10-4-3-9(15(16)17)7-11(10)18-12/h3-4,7-8H,5-6H2,1-2H3,(H,13,14). The van der Waals surface area contributed by atoms with E-state index < -0.39 is 4.92 Å². The number of hydrogen-bond donors (Lipinski definition) is 1. The summed E-state index contributed by atoms with van der Waals surface area (Å²) < 4.78 is 5.48. The fourth-order valence-electron chi connectivity index (χ4n) is 1.67. The van der Waals surface area contributed by atoms with E-state index in [0.29, 0.717) is 17.1 Å². The van der Waals surface area contributed by atoms with Gasteiger partial charge in [-0.2, -0.15) is 16.7 Å². The first-order valence-corrected chi connectivity index (χ1v) is 7.30. The first-order chi connectivity index (χ1) is 9.10. The lowest BCUT2D eigenvalue weighted by molar-refractivity contribution is -0.384. The summed E-state index contributed by atoms with van der Waals surface area (Å²) in [6.45, 7) is 2.05. The van der Waals surface area contributed by atoms with Crippen molar-refractivity contribution in [1.29, 1.82) is 0 Å². The molecule has 1 N–H and O–H groups in total. The summed E-state index contributed by atoms with van der Waals surface area (Å²) in [5.41, 5.74) is 1.05. The van der Waals surface area contributed by atoms with Crippen molar-refractivity contribution in [2.24, 2.45) is 0 Å². The first-order valence-electron chi connectivity index (χ1n) is 5.90. The van der Waals surface area contributed by atoms with Gasteiger partial charge in [-0.05, 0) is 31.4 Å². The summed E-state index contributed by atoms with van der Waals surface area (Å²) in [6.07, 6.45) is 3.06. The van der Waals surface area contributed by atoms with Crippen LogP contribution in [0.1, 0.15) is 13.3 Å². The van der Waals surface area contributed by atoms with Gasteiger partial charge in [0.15, 0.2) is 5.58 Å². The van der Waals surface area contributed by atoms with Crippen LogP contribution < -0.4 is 5.32 Å². The largest absolute Gasteiger partial charge is 0.423 e. The predicted molar refractivity (Wildman–Crippen MR) is 76.7 cm³/mol. The third-order valence-electron chi connectivity index (χ3n) is 2.71. The van der Waals surface area contributed by atoms with E-state index in [9.17, 15) is 10.1 Å². The molecule has 0 spiro atoms. The van der Waals surface area contributed by atoms with Gasteiger partial charge < -0.3 is 9.73 Å². The molecule has 1 atom stereocenters. The minimum absolute atomic E-state index is 0.00521. The van der Waals surface area contributed by atoms with Crippen molar-refractivity contribution in [2.45, 2.75) is 19.4 Å². The number of non-ortho nitro benzene ring substituents is 1. The Kier molecular flexibility index (Phi) is 4.26. The molecule has 0 aliphatic heterocycles. The van der Waals surface area contributed by atoms with Crippen LogP contribution in [0, 0.1) is 10.1 Å². The number of fused-ring (bicyclic) bond motifs is 1. The number of hydrogen-bond acceptors (Lipinski definition) is 6. The highest BCUT2D eigenvalue weighted by atomic mass is 32.2. The van der Waals surface area contributed by atoms with Crippen molar-refractivity contribution in [2.75, 3.05) is 17.3 Å². The van der Waals surface area contributed by atoms with Gasteiger partial charge in [-0.25, -0.2) is 0 Å². The Bertz CT molecular complexity index is 585. The SMILES string of the molecule is CSCCC(C)Nc1nc2ccc([N+](=O)[O-])cc2o1. The molecule has 0 saturated heterocycles. The fourth-order valence-corrected chi connectivity index (χ4v) is 2.26. The summed E-state index contributed by atoms with van der Waals surface area (Å²) in [5.74, 6) is 1.06. The molecular weight excluding hydrogens is 266 g/mol. The van der Waals surface area contributed by atoms with E-state index in [1.807, 2.05) is 6.92 Å². The summed E-state index contributed by atoms with van der Waals surface area (Å²) in [6, 6.07) is 5.06. The molecule has 0 bridgehead atoms. The average Bonchev–Trinajstić information content (AvgIpc) is 2.77. The molecule has 102 valence electrons. The highest BCUT2D eigenvalue weighted by Crippen LogP contribution is 2.24. The lowest BCUT2D eigenvalue weighted by Gasteiger charge is -2.10. The van der Waals surface area contributed by atoms with Crippen LogP contribution in [0.25, 0.3) is 11.1 Å². The zero-order valence-electron chi connectivity index (χ0n) is 10.8. The lowest BCUT2D eigenvalue weighted by Crippen LogP contribution is -2.15. The Balaban J connectivity index is 2.15. The van der Waals surface area contributed by atoms with E-state index in [1.54, 1.807) is 17.8 Å². The lowest BCUT2D eigenvalue weighted by atomic mass is 10.3. The molecule has 6 nitrogen and oxygen atoms in total. The van der Waals surface area contributed by atoms with Gasteiger partial charge in [0.25, 0.3) is 11.7 Å². The molecule has 2 aromatic rings. The Morgan fingerprint density at radius 1 is 1.58 bits per heavy atom. The van der Waals surface area contributed by atoms with E-state index in [0.717, 1.165) is 12.2 Å². The van der Waals surface area contributed by atoms with Gasteiger partial charge in [0.05, 0.1) is 11.0 Å². The van der Waals surface area contributed by atoms with Gasteiger partial charge in [-0.15, -0.1) is 0 Å². The zero-order valence-corrected chi connectivity index (χ0v) is 11.6. The van der Waals surface area contributed by atoms with Crippen LogP contribution in [-0.4, -0.2) is 28.0 Å². The average molecular weight is 281 g/mol. The second kappa shape index (κ2) is 5.92. The van der Waals surface area contributed by atoms with Crippen LogP contribution in [0.15, 0.2) is 22.6 Å². The number of nitro groups is 1.